The highest BCUT2D eigenvalue weighted by Gasteiger charge is 2.34. The first-order valence-corrected chi connectivity index (χ1v) is 12.8. The number of nitrogens with one attached hydrogen (secondary N) is 3. The maximum absolute atomic E-state index is 12.1. The van der Waals surface area contributed by atoms with E-state index in [2.05, 4.69) is 15.4 Å². The van der Waals surface area contributed by atoms with Gasteiger partial charge in [0, 0.05) is 0 Å². The maximum Gasteiger partial charge on any atom is 0.322 e. The summed E-state index contributed by atoms with van der Waals surface area (Å²) in [5.74, 6) is -1.34. The van der Waals surface area contributed by atoms with Gasteiger partial charge in [0.1, 0.15) is 16.3 Å². The van der Waals surface area contributed by atoms with Crippen LogP contribution in [0, 0.1) is 11.8 Å². The molecule has 1 aromatic heterocycles. The summed E-state index contributed by atoms with van der Waals surface area (Å²) in [5.41, 5.74) is 0. The molecule has 0 aromatic carbocycles. The van der Waals surface area contributed by atoms with E-state index in [-0.39, 0.29) is 34.0 Å². The minimum atomic E-state index is -3.85. The number of sulfonamides is 1. The van der Waals surface area contributed by atoms with Gasteiger partial charge in [-0.1, -0.05) is 65.0 Å². The van der Waals surface area contributed by atoms with Crippen LogP contribution in [-0.2, 0) is 19.6 Å². The molecule has 2 atom stereocenters. The molecule has 0 bridgehead atoms. The van der Waals surface area contributed by atoms with Crippen molar-refractivity contribution >= 4 is 50.9 Å². The van der Waals surface area contributed by atoms with Gasteiger partial charge in [0.25, 0.3) is 15.9 Å². The number of amides is 3. The smallest absolute Gasteiger partial charge is 0.322 e. The summed E-state index contributed by atoms with van der Waals surface area (Å²) in [7, 11) is -3.85. The van der Waals surface area contributed by atoms with Gasteiger partial charge in [-0.25, -0.2) is 13.2 Å². The third kappa shape index (κ3) is 7.74. The third-order valence-electron chi connectivity index (χ3n) is 5.21. The van der Waals surface area contributed by atoms with Crippen molar-refractivity contribution < 1.29 is 27.9 Å². The molecular weight excluding hydrogens is 466 g/mol. The molecule has 3 amide bonds. The number of carboxylic acid groups (broad SMARTS) is 1. The van der Waals surface area contributed by atoms with Gasteiger partial charge in [0.05, 0.1) is 4.34 Å². The monoisotopic (exact) mass is 495 g/mol. The van der Waals surface area contributed by atoms with Gasteiger partial charge >= 0.3 is 12.0 Å². The van der Waals surface area contributed by atoms with Crippen LogP contribution in [0.15, 0.2) is 16.3 Å². The number of urea groups is 1. The van der Waals surface area contributed by atoms with Crippen LogP contribution in [0.1, 0.15) is 53.4 Å². The zero-order valence-electron chi connectivity index (χ0n) is 18.0. The fourth-order valence-corrected chi connectivity index (χ4v) is 6.06. The van der Waals surface area contributed by atoms with Gasteiger partial charge in [-0.15, -0.1) is 11.3 Å². The summed E-state index contributed by atoms with van der Waals surface area (Å²) in [6, 6.07) is 1.03. The van der Waals surface area contributed by atoms with Crippen molar-refractivity contribution in [3.63, 3.8) is 0 Å². The van der Waals surface area contributed by atoms with Crippen molar-refractivity contribution in [1.82, 2.24) is 15.4 Å². The first-order chi connectivity index (χ1) is 14.5. The molecule has 12 heteroatoms. The van der Waals surface area contributed by atoms with Crippen LogP contribution in [0.3, 0.4) is 0 Å². The molecular formula is C19H30ClN3O6S2. The van der Waals surface area contributed by atoms with Crippen LogP contribution in [-0.4, -0.2) is 43.5 Å². The van der Waals surface area contributed by atoms with Gasteiger partial charge in [-0.3, -0.25) is 14.9 Å². The molecule has 2 rings (SSSR count). The van der Waals surface area contributed by atoms with Crippen LogP contribution in [0.25, 0.3) is 0 Å². The Balaban J connectivity index is 0.000000343. The number of imide groups is 1. The summed E-state index contributed by atoms with van der Waals surface area (Å²) in [6.07, 6.45) is 2.99. The van der Waals surface area contributed by atoms with Crippen molar-refractivity contribution in [2.24, 2.45) is 11.8 Å². The zero-order chi connectivity index (χ0) is 23.8. The Kier molecular flexibility index (Phi) is 10.9. The van der Waals surface area contributed by atoms with Crippen LogP contribution >= 0.6 is 22.9 Å². The molecule has 2 unspecified atom stereocenters. The second-order valence-corrected chi connectivity index (χ2v) is 10.7. The average molecular weight is 496 g/mol. The molecule has 0 saturated carbocycles. The molecule has 0 aliphatic carbocycles. The SMILES string of the molecule is CCC(CC)C(NS(=O)(=O)c1ccc(Cl)s1)C(=O)O.CCC(CC)C1NC(=O)NC1=O. The molecule has 1 fully saturated rings. The number of carbonyl (C=O) groups is 3. The molecule has 1 saturated heterocycles. The fraction of sp³-hybridized carbons (Fsp3) is 0.632. The predicted molar refractivity (Wildman–Crippen MR) is 120 cm³/mol. The number of halogens is 1. The van der Waals surface area contributed by atoms with Crippen molar-refractivity contribution in [1.29, 1.82) is 0 Å². The molecule has 4 N–H and O–H groups in total. The molecule has 1 aliphatic heterocycles. The quantitative estimate of drug-likeness (QED) is 0.367. The lowest BCUT2D eigenvalue weighted by atomic mass is 9.94. The van der Waals surface area contributed by atoms with E-state index < -0.39 is 22.0 Å². The van der Waals surface area contributed by atoms with E-state index in [1.165, 1.54) is 12.1 Å². The van der Waals surface area contributed by atoms with Crippen molar-refractivity contribution in [2.45, 2.75) is 69.7 Å². The minimum Gasteiger partial charge on any atom is -0.480 e. The standard InChI is InChI=1S/C11H16ClNO4S2.C8H14N2O2/c1-3-7(4-2)10(11(14)15)13-19(16,17)9-6-5-8(12)18-9;1-3-5(4-2)6-7(11)10-8(12)9-6/h5-7,10,13H,3-4H2,1-2H3,(H,14,15);5-6H,3-4H2,1-2H3,(H2,9,10,11,12). The Morgan fingerprint density at radius 3 is 2.10 bits per heavy atom. The number of aliphatic carboxylic acids is 1. The van der Waals surface area contributed by atoms with Gasteiger partial charge in [-0.2, -0.15) is 4.72 Å². The summed E-state index contributed by atoms with van der Waals surface area (Å²) in [6.45, 7) is 7.71. The van der Waals surface area contributed by atoms with Gasteiger partial charge in [0.2, 0.25) is 0 Å². The average Bonchev–Trinajstić information content (AvgIpc) is 3.29. The second kappa shape index (κ2) is 12.4. The Hall–Kier alpha value is -1.69. The van der Waals surface area contributed by atoms with Gasteiger partial charge < -0.3 is 10.4 Å². The van der Waals surface area contributed by atoms with E-state index >= 15 is 0 Å². The van der Waals surface area contributed by atoms with E-state index in [0.717, 1.165) is 24.2 Å². The number of carbonyl (C=O) groups excluding carboxylic acids is 2. The summed E-state index contributed by atoms with van der Waals surface area (Å²) in [5, 5.41) is 14.0. The topological polar surface area (TPSA) is 142 Å². The van der Waals surface area contributed by atoms with Crippen molar-refractivity contribution in [2.75, 3.05) is 0 Å². The summed E-state index contributed by atoms with van der Waals surface area (Å²) >= 11 is 6.59. The van der Waals surface area contributed by atoms with Gasteiger partial charge in [0.15, 0.2) is 0 Å². The molecule has 1 aliphatic rings. The molecule has 176 valence electrons. The third-order valence-corrected chi connectivity index (χ3v) is 8.37. The van der Waals surface area contributed by atoms with Crippen LogP contribution < -0.4 is 15.4 Å². The molecule has 1 aromatic rings. The molecule has 31 heavy (non-hydrogen) atoms. The lowest BCUT2D eigenvalue weighted by Gasteiger charge is -2.21. The van der Waals surface area contributed by atoms with Gasteiger partial charge in [-0.05, 0) is 24.0 Å². The summed E-state index contributed by atoms with van der Waals surface area (Å²) in [4.78, 5) is 33.1. The molecule has 9 nitrogen and oxygen atoms in total. The second-order valence-electron chi connectivity index (χ2n) is 7.09. The Labute approximate surface area is 192 Å². The zero-order valence-corrected chi connectivity index (χ0v) is 20.4. The van der Waals surface area contributed by atoms with Crippen LogP contribution in [0.2, 0.25) is 4.34 Å². The van der Waals surface area contributed by atoms with Crippen LogP contribution in [0.5, 0.6) is 0 Å². The fourth-order valence-electron chi connectivity index (χ4n) is 3.30. The number of carboxylic acids is 1. The molecule has 0 spiro atoms. The van der Waals surface area contributed by atoms with E-state index in [1.54, 1.807) is 0 Å². The van der Waals surface area contributed by atoms with E-state index in [4.69, 9.17) is 11.6 Å². The molecule has 0 radical (unpaired) electrons. The lowest BCUT2D eigenvalue weighted by Crippen LogP contribution is -2.45. The largest absolute Gasteiger partial charge is 0.480 e. The first kappa shape index (κ1) is 27.3. The maximum atomic E-state index is 12.1. The van der Waals surface area contributed by atoms with E-state index in [9.17, 15) is 27.9 Å². The predicted octanol–water partition coefficient (Wildman–Crippen LogP) is 3.20. The normalized spacial score (nSPS) is 17.2. The number of thiophene rings is 1. The van der Waals surface area contributed by atoms with Crippen molar-refractivity contribution in [3.8, 4) is 0 Å². The van der Waals surface area contributed by atoms with Crippen LogP contribution in [0.4, 0.5) is 4.79 Å². The Morgan fingerprint density at radius 1 is 1.16 bits per heavy atom. The highest BCUT2D eigenvalue weighted by atomic mass is 35.5. The van der Waals surface area contributed by atoms with Crippen molar-refractivity contribution in [3.05, 3.63) is 16.5 Å². The molecule has 2 heterocycles. The van der Waals surface area contributed by atoms with E-state index in [0.29, 0.717) is 17.2 Å². The summed E-state index contributed by atoms with van der Waals surface area (Å²) < 4.78 is 26.8. The van der Waals surface area contributed by atoms with E-state index in [1.807, 2.05) is 27.7 Å². The Morgan fingerprint density at radius 2 is 1.74 bits per heavy atom. The highest BCUT2D eigenvalue weighted by Crippen LogP contribution is 2.26. The number of rotatable bonds is 10. The first-order valence-electron chi connectivity index (χ1n) is 10.1. The number of hydrogen-bond donors (Lipinski definition) is 4. The minimum absolute atomic E-state index is 0.0229. The Bertz CT molecular complexity index is 866. The highest BCUT2D eigenvalue weighted by molar-refractivity contribution is 7.91. The number of hydrogen-bond acceptors (Lipinski definition) is 6. The lowest BCUT2D eigenvalue weighted by molar-refractivity contribution is -0.140.